The lowest BCUT2D eigenvalue weighted by molar-refractivity contribution is 0.726. The van der Waals surface area contributed by atoms with Gasteiger partial charge in [-0.3, -0.25) is 4.99 Å². The summed E-state index contributed by atoms with van der Waals surface area (Å²) < 4.78 is 0. The van der Waals surface area contributed by atoms with Crippen LogP contribution in [0.3, 0.4) is 0 Å². The number of hydrogen-bond donors (Lipinski definition) is 2. The minimum Gasteiger partial charge on any atom is -0.370 e. The summed E-state index contributed by atoms with van der Waals surface area (Å²) in [4.78, 5) is 4.45. The summed E-state index contributed by atoms with van der Waals surface area (Å²) >= 11 is 6.13. The van der Waals surface area contributed by atoms with Crippen molar-refractivity contribution in [3.05, 3.63) is 34.3 Å². The maximum Gasteiger partial charge on any atom is 0.118 e. The van der Waals surface area contributed by atoms with E-state index >= 15 is 0 Å². The summed E-state index contributed by atoms with van der Waals surface area (Å²) in [7, 11) is 1.94. The highest BCUT2D eigenvalue weighted by atomic mass is 35.5. The van der Waals surface area contributed by atoms with Crippen molar-refractivity contribution in [2.75, 3.05) is 20.1 Å². The first-order valence-corrected chi connectivity index (χ1v) is 5.82. The largest absolute Gasteiger partial charge is 0.370 e. The van der Waals surface area contributed by atoms with Crippen LogP contribution in [0.5, 0.6) is 0 Å². The van der Waals surface area contributed by atoms with Crippen molar-refractivity contribution in [1.82, 2.24) is 10.6 Å². The highest BCUT2D eigenvalue weighted by Crippen LogP contribution is 2.25. The summed E-state index contributed by atoms with van der Waals surface area (Å²) in [5, 5.41) is 7.38. The van der Waals surface area contributed by atoms with Gasteiger partial charge < -0.3 is 10.6 Å². The molecule has 0 radical (unpaired) electrons. The van der Waals surface area contributed by atoms with E-state index in [-0.39, 0.29) is 6.04 Å². The second-order valence-electron chi connectivity index (χ2n) is 3.87. The number of amidine groups is 1. The van der Waals surface area contributed by atoms with Crippen LogP contribution in [0.25, 0.3) is 0 Å². The fourth-order valence-electron chi connectivity index (χ4n) is 1.99. The normalized spacial score (nSPS) is 16.8. The molecule has 0 saturated carbocycles. The minimum atomic E-state index is 0.112. The molecule has 0 spiro atoms. The molecular formula is C12H16ClN3. The van der Waals surface area contributed by atoms with Crippen LogP contribution in [0.4, 0.5) is 0 Å². The Kier molecular flexibility index (Phi) is 3.46. The number of halogens is 1. The number of aliphatic imine (C=N–C) groups is 1. The second kappa shape index (κ2) is 4.85. The smallest absolute Gasteiger partial charge is 0.118 e. The van der Waals surface area contributed by atoms with E-state index in [1.165, 1.54) is 5.56 Å². The number of likely N-dealkylation sites (N-methyl/N-ethyl adjacent to an activating group) is 1. The van der Waals surface area contributed by atoms with Crippen LogP contribution < -0.4 is 10.6 Å². The van der Waals surface area contributed by atoms with Crippen molar-refractivity contribution in [2.45, 2.75) is 13.0 Å². The van der Waals surface area contributed by atoms with E-state index in [1.54, 1.807) is 0 Å². The van der Waals surface area contributed by atoms with Crippen molar-refractivity contribution in [1.29, 1.82) is 0 Å². The van der Waals surface area contributed by atoms with Crippen LogP contribution in [-0.4, -0.2) is 26.0 Å². The van der Waals surface area contributed by atoms with Gasteiger partial charge in [-0.2, -0.15) is 0 Å². The molecule has 1 atom stereocenters. The van der Waals surface area contributed by atoms with Gasteiger partial charge in [0.15, 0.2) is 0 Å². The highest BCUT2D eigenvalue weighted by molar-refractivity contribution is 6.31. The quantitative estimate of drug-likeness (QED) is 0.843. The second-order valence-corrected chi connectivity index (χ2v) is 4.28. The molecule has 2 rings (SSSR count). The Labute approximate surface area is 101 Å². The average Bonchev–Trinajstić information content (AvgIpc) is 2.79. The molecule has 0 saturated heterocycles. The number of nitrogens with zero attached hydrogens (tertiary/aromatic N) is 1. The van der Waals surface area contributed by atoms with Gasteiger partial charge in [-0.05, 0) is 31.2 Å². The highest BCUT2D eigenvalue weighted by Gasteiger charge is 2.20. The van der Waals surface area contributed by atoms with Gasteiger partial charge in [0, 0.05) is 11.6 Å². The predicted molar refractivity (Wildman–Crippen MR) is 68.3 cm³/mol. The molecule has 2 N–H and O–H groups in total. The number of rotatable bonds is 3. The SMILES string of the molecule is CNC(C1=NCCN1)c1cccc(Cl)c1C. The van der Waals surface area contributed by atoms with Crippen molar-refractivity contribution in [2.24, 2.45) is 4.99 Å². The molecule has 1 aliphatic heterocycles. The molecule has 0 amide bonds. The molecule has 16 heavy (non-hydrogen) atoms. The van der Waals surface area contributed by atoms with Crippen LogP contribution in [-0.2, 0) is 0 Å². The molecule has 0 fully saturated rings. The maximum absolute atomic E-state index is 6.13. The van der Waals surface area contributed by atoms with Gasteiger partial charge >= 0.3 is 0 Å². The Morgan fingerprint density at radius 3 is 2.94 bits per heavy atom. The van der Waals surface area contributed by atoms with E-state index in [9.17, 15) is 0 Å². The molecule has 1 unspecified atom stereocenters. The van der Waals surface area contributed by atoms with Gasteiger partial charge in [-0.1, -0.05) is 23.7 Å². The molecule has 1 aromatic rings. The van der Waals surface area contributed by atoms with Gasteiger partial charge in [0.2, 0.25) is 0 Å². The molecule has 86 valence electrons. The van der Waals surface area contributed by atoms with Crippen LogP contribution >= 0.6 is 11.6 Å². The lowest BCUT2D eigenvalue weighted by atomic mass is 10.0. The Bertz CT molecular complexity index is 415. The van der Waals surface area contributed by atoms with Gasteiger partial charge in [0.1, 0.15) is 5.84 Å². The molecule has 4 heteroatoms. The zero-order valence-electron chi connectivity index (χ0n) is 9.55. The van der Waals surface area contributed by atoms with Crippen molar-refractivity contribution in [3.63, 3.8) is 0 Å². The van der Waals surface area contributed by atoms with E-state index in [1.807, 2.05) is 26.1 Å². The Morgan fingerprint density at radius 2 is 2.31 bits per heavy atom. The van der Waals surface area contributed by atoms with Gasteiger partial charge in [-0.25, -0.2) is 0 Å². The van der Waals surface area contributed by atoms with Crippen LogP contribution in [0.1, 0.15) is 17.2 Å². The number of nitrogens with one attached hydrogen (secondary N) is 2. The van der Waals surface area contributed by atoms with E-state index in [2.05, 4.69) is 21.7 Å². The predicted octanol–water partition coefficient (Wildman–Crippen LogP) is 1.91. The van der Waals surface area contributed by atoms with E-state index in [4.69, 9.17) is 11.6 Å². The standard InChI is InChI=1S/C12H16ClN3/c1-8-9(4-3-5-10(8)13)11(14-2)12-15-6-7-16-12/h3-5,11,14H,6-7H2,1-2H3,(H,15,16). The molecule has 1 heterocycles. The fraction of sp³-hybridized carbons (Fsp3) is 0.417. The molecule has 3 nitrogen and oxygen atoms in total. The zero-order chi connectivity index (χ0) is 11.5. The third-order valence-corrected chi connectivity index (χ3v) is 3.29. The van der Waals surface area contributed by atoms with Crippen molar-refractivity contribution >= 4 is 17.4 Å². The van der Waals surface area contributed by atoms with E-state index in [0.29, 0.717) is 0 Å². The van der Waals surface area contributed by atoms with E-state index < -0.39 is 0 Å². The molecule has 1 aliphatic rings. The van der Waals surface area contributed by atoms with Gasteiger partial charge in [0.25, 0.3) is 0 Å². The summed E-state index contributed by atoms with van der Waals surface area (Å²) in [5.41, 5.74) is 2.29. The number of hydrogen-bond acceptors (Lipinski definition) is 3. The summed E-state index contributed by atoms with van der Waals surface area (Å²) in [6, 6.07) is 6.09. The Hall–Kier alpha value is -1.06. The monoisotopic (exact) mass is 237 g/mol. The Balaban J connectivity index is 2.36. The molecule has 0 aromatic heterocycles. The minimum absolute atomic E-state index is 0.112. The molecule has 1 aromatic carbocycles. The van der Waals surface area contributed by atoms with Crippen LogP contribution in [0.15, 0.2) is 23.2 Å². The molecule has 0 bridgehead atoms. The Morgan fingerprint density at radius 1 is 1.50 bits per heavy atom. The van der Waals surface area contributed by atoms with Crippen molar-refractivity contribution in [3.8, 4) is 0 Å². The topological polar surface area (TPSA) is 36.4 Å². The summed E-state index contributed by atoms with van der Waals surface area (Å²) in [5.74, 6) is 1.01. The van der Waals surface area contributed by atoms with Crippen LogP contribution in [0.2, 0.25) is 5.02 Å². The summed E-state index contributed by atoms with van der Waals surface area (Å²) in [6.07, 6.45) is 0. The van der Waals surface area contributed by atoms with Gasteiger partial charge in [0.05, 0.1) is 12.6 Å². The molecule has 0 aliphatic carbocycles. The molecular weight excluding hydrogens is 222 g/mol. The number of benzene rings is 1. The first kappa shape index (κ1) is 11.4. The third-order valence-electron chi connectivity index (χ3n) is 2.88. The average molecular weight is 238 g/mol. The maximum atomic E-state index is 6.13. The first-order chi connectivity index (χ1) is 7.74. The zero-order valence-corrected chi connectivity index (χ0v) is 10.3. The lowest BCUT2D eigenvalue weighted by Gasteiger charge is -2.19. The third kappa shape index (κ3) is 2.06. The van der Waals surface area contributed by atoms with Crippen molar-refractivity contribution < 1.29 is 0 Å². The first-order valence-electron chi connectivity index (χ1n) is 5.44. The van der Waals surface area contributed by atoms with Gasteiger partial charge in [-0.15, -0.1) is 0 Å². The summed E-state index contributed by atoms with van der Waals surface area (Å²) in [6.45, 7) is 3.82. The van der Waals surface area contributed by atoms with Crippen LogP contribution in [0, 0.1) is 6.92 Å². The lowest BCUT2D eigenvalue weighted by Crippen LogP contribution is -2.33. The fourth-order valence-corrected chi connectivity index (χ4v) is 2.17. The van der Waals surface area contributed by atoms with E-state index in [0.717, 1.165) is 29.5 Å².